The number of benzene rings is 1. The summed E-state index contributed by atoms with van der Waals surface area (Å²) in [6, 6.07) is 7.78. The van der Waals surface area contributed by atoms with Crippen LogP contribution in [-0.2, 0) is 13.6 Å². The van der Waals surface area contributed by atoms with Crippen LogP contribution in [-0.4, -0.2) is 25.8 Å². The van der Waals surface area contributed by atoms with Crippen molar-refractivity contribution < 1.29 is 9.32 Å². The topological polar surface area (TPSA) is 88.7 Å². The van der Waals surface area contributed by atoms with E-state index >= 15 is 0 Å². The van der Waals surface area contributed by atoms with Crippen molar-refractivity contribution in [3.05, 3.63) is 58.7 Å². The summed E-state index contributed by atoms with van der Waals surface area (Å²) in [7, 11) is 1.85. The van der Waals surface area contributed by atoms with Gasteiger partial charge in [-0.25, -0.2) is 0 Å². The third-order valence-corrected chi connectivity index (χ3v) is 5.07. The highest BCUT2D eigenvalue weighted by Crippen LogP contribution is 2.24. The zero-order chi connectivity index (χ0) is 19.1. The zero-order valence-corrected chi connectivity index (χ0v) is 15.8. The number of amides is 1. The van der Waals surface area contributed by atoms with Crippen LogP contribution in [0.3, 0.4) is 0 Å². The van der Waals surface area contributed by atoms with Crippen LogP contribution >= 0.6 is 0 Å². The van der Waals surface area contributed by atoms with Crippen molar-refractivity contribution in [1.29, 1.82) is 0 Å². The van der Waals surface area contributed by atoms with Gasteiger partial charge in [0.05, 0.1) is 11.8 Å². The second-order valence-electron chi connectivity index (χ2n) is 6.78. The zero-order valence-electron chi connectivity index (χ0n) is 15.8. The first-order valence-electron chi connectivity index (χ1n) is 8.75. The Morgan fingerprint density at radius 3 is 2.81 bits per heavy atom. The lowest BCUT2D eigenvalue weighted by Crippen LogP contribution is -2.23. The minimum absolute atomic E-state index is 0.253. The van der Waals surface area contributed by atoms with Crippen molar-refractivity contribution in [2.45, 2.75) is 27.3 Å². The highest BCUT2D eigenvalue weighted by atomic mass is 16.5. The number of rotatable bonds is 4. The van der Waals surface area contributed by atoms with Gasteiger partial charge >= 0.3 is 0 Å². The van der Waals surface area contributed by atoms with Crippen molar-refractivity contribution >= 4 is 16.8 Å². The van der Waals surface area contributed by atoms with Crippen molar-refractivity contribution in [2.75, 3.05) is 0 Å². The van der Waals surface area contributed by atoms with Gasteiger partial charge in [0.2, 0.25) is 0 Å². The fourth-order valence-electron chi connectivity index (χ4n) is 3.14. The van der Waals surface area contributed by atoms with E-state index in [1.807, 2.05) is 26.1 Å². The van der Waals surface area contributed by atoms with Crippen LogP contribution < -0.4 is 5.32 Å². The molecule has 7 heteroatoms. The van der Waals surface area contributed by atoms with Crippen LogP contribution in [0.5, 0.6) is 0 Å². The quantitative estimate of drug-likeness (QED) is 0.581. The second-order valence-corrected chi connectivity index (χ2v) is 6.78. The molecule has 0 aliphatic heterocycles. The first-order valence-corrected chi connectivity index (χ1v) is 8.75. The van der Waals surface area contributed by atoms with E-state index < -0.39 is 0 Å². The monoisotopic (exact) mass is 363 g/mol. The van der Waals surface area contributed by atoms with Crippen molar-refractivity contribution in [3.8, 4) is 11.3 Å². The lowest BCUT2D eigenvalue weighted by molar-refractivity contribution is 0.0942. The molecule has 0 unspecified atom stereocenters. The number of nitrogens with one attached hydrogen (secondary N) is 2. The summed E-state index contributed by atoms with van der Waals surface area (Å²) in [5.74, 6) is 0.263. The molecule has 2 N–H and O–H groups in total. The van der Waals surface area contributed by atoms with E-state index in [9.17, 15) is 4.79 Å². The normalized spacial score (nSPS) is 11.3. The van der Waals surface area contributed by atoms with Gasteiger partial charge in [-0.2, -0.15) is 5.10 Å². The summed E-state index contributed by atoms with van der Waals surface area (Å²) < 4.78 is 7.07. The van der Waals surface area contributed by atoms with Gasteiger partial charge in [0.15, 0.2) is 11.5 Å². The molecule has 3 aromatic heterocycles. The number of H-pyrrole nitrogens is 1. The molecule has 0 aliphatic carbocycles. The van der Waals surface area contributed by atoms with Gasteiger partial charge < -0.3 is 14.8 Å². The molecule has 0 atom stereocenters. The van der Waals surface area contributed by atoms with E-state index in [1.54, 1.807) is 16.9 Å². The number of aromatic amines is 1. The average Bonchev–Trinajstić information content (AvgIpc) is 3.34. The Balaban J connectivity index is 1.48. The van der Waals surface area contributed by atoms with Gasteiger partial charge in [0.1, 0.15) is 0 Å². The van der Waals surface area contributed by atoms with Crippen LogP contribution in [0.4, 0.5) is 0 Å². The lowest BCUT2D eigenvalue weighted by Gasteiger charge is -2.04. The molecule has 0 spiro atoms. The number of hydrogen-bond acceptors (Lipinski definition) is 4. The van der Waals surface area contributed by atoms with E-state index in [0.29, 0.717) is 12.3 Å². The highest BCUT2D eigenvalue weighted by molar-refractivity contribution is 5.93. The smallest absolute Gasteiger partial charge is 0.273 e. The van der Waals surface area contributed by atoms with E-state index in [2.05, 4.69) is 40.5 Å². The van der Waals surface area contributed by atoms with Gasteiger partial charge in [-0.1, -0.05) is 11.2 Å². The van der Waals surface area contributed by atoms with Gasteiger partial charge in [0, 0.05) is 41.9 Å². The minimum Gasteiger partial charge on any atom is -0.358 e. The Bertz CT molecular complexity index is 1150. The molecule has 1 aromatic carbocycles. The number of carbonyl (C=O) groups is 1. The summed E-state index contributed by atoms with van der Waals surface area (Å²) >= 11 is 0. The standard InChI is InChI=1S/C20H21N5O2/c1-11-12(2)23-17-6-5-14(7-15(11)17)9-21-20(26)18-8-19(27-24-18)16-10-22-25(4)13(16)3/h5-8,10,23H,9H2,1-4H3,(H,21,26). The molecule has 1 amide bonds. The third-order valence-electron chi connectivity index (χ3n) is 5.07. The molecule has 0 bridgehead atoms. The SMILES string of the molecule is Cc1[nH]c2ccc(CNC(=O)c3cc(-c4cnn(C)c4C)on3)cc2c1C. The van der Waals surface area contributed by atoms with Crippen LogP contribution in [0.1, 0.15) is 33.0 Å². The number of carbonyl (C=O) groups excluding carboxylic acids is 1. The molecule has 138 valence electrons. The first-order chi connectivity index (χ1) is 12.9. The Morgan fingerprint density at radius 1 is 1.26 bits per heavy atom. The molecule has 0 radical (unpaired) electrons. The maximum Gasteiger partial charge on any atom is 0.273 e. The molecule has 0 aliphatic rings. The Labute approximate surface area is 156 Å². The van der Waals surface area contributed by atoms with Crippen molar-refractivity contribution in [3.63, 3.8) is 0 Å². The van der Waals surface area contributed by atoms with Crippen LogP contribution in [0.25, 0.3) is 22.2 Å². The Kier molecular flexibility index (Phi) is 4.07. The van der Waals surface area contributed by atoms with Crippen LogP contribution in [0.15, 0.2) is 35.0 Å². The van der Waals surface area contributed by atoms with Crippen LogP contribution in [0, 0.1) is 20.8 Å². The number of nitrogens with zero attached hydrogens (tertiary/aromatic N) is 3. The summed E-state index contributed by atoms with van der Waals surface area (Å²) in [5.41, 5.74) is 6.55. The molecule has 4 rings (SSSR count). The Hall–Kier alpha value is -3.35. The second kappa shape index (κ2) is 6.42. The number of fused-ring (bicyclic) bond motifs is 1. The minimum atomic E-state index is -0.270. The van der Waals surface area contributed by atoms with Gasteiger partial charge in [-0.05, 0) is 44.0 Å². The molecule has 7 nitrogen and oxygen atoms in total. The lowest BCUT2D eigenvalue weighted by atomic mass is 10.1. The molecule has 0 fully saturated rings. The van der Waals surface area contributed by atoms with Crippen LogP contribution in [0.2, 0.25) is 0 Å². The average molecular weight is 363 g/mol. The molecular formula is C20H21N5O2. The molecule has 4 aromatic rings. The molecule has 3 heterocycles. The van der Waals surface area contributed by atoms with E-state index in [1.165, 1.54) is 10.9 Å². The third kappa shape index (κ3) is 3.01. The maximum atomic E-state index is 12.4. The molecule has 0 saturated heterocycles. The number of hydrogen-bond donors (Lipinski definition) is 2. The first kappa shape index (κ1) is 17.1. The van der Waals surface area contributed by atoms with Crippen molar-refractivity contribution in [2.24, 2.45) is 7.05 Å². The summed E-state index contributed by atoms with van der Waals surface area (Å²) in [5, 5.41) is 12.1. The maximum absolute atomic E-state index is 12.4. The fraction of sp³-hybridized carbons (Fsp3) is 0.250. The predicted octanol–water partition coefficient (Wildman–Crippen LogP) is 3.41. The molecule has 0 saturated carbocycles. The molecule has 27 heavy (non-hydrogen) atoms. The largest absolute Gasteiger partial charge is 0.358 e. The van der Waals surface area contributed by atoms with Gasteiger partial charge in [0.25, 0.3) is 5.91 Å². The van der Waals surface area contributed by atoms with E-state index in [4.69, 9.17) is 4.52 Å². The molecular weight excluding hydrogens is 342 g/mol. The van der Waals surface area contributed by atoms with E-state index in [-0.39, 0.29) is 11.6 Å². The fourth-order valence-corrected chi connectivity index (χ4v) is 3.14. The summed E-state index contributed by atoms with van der Waals surface area (Å²) in [4.78, 5) is 15.8. The number of aromatic nitrogens is 4. The highest BCUT2D eigenvalue weighted by Gasteiger charge is 2.16. The van der Waals surface area contributed by atoms with Gasteiger partial charge in [-0.15, -0.1) is 0 Å². The Morgan fingerprint density at radius 2 is 2.07 bits per heavy atom. The predicted molar refractivity (Wildman–Crippen MR) is 102 cm³/mol. The summed E-state index contributed by atoms with van der Waals surface area (Å²) in [6.45, 7) is 6.51. The summed E-state index contributed by atoms with van der Waals surface area (Å²) in [6.07, 6.45) is 1.70. The number of aryl methyl sites for hydroxylation is 3. The van der Waals surface area contributed by atoms with Crippen molar-refractivity contribution in [1.82, 2.24) is 25.2 Å². The van der Waals surface area contributed by atoms with E-state index in [0.717, 1.165) is 28.0 Å². The van der Waals surface area contributed by atoms with Gasteiger partial charge in [-0.3, -0.25) is 9.48 Å².